The lowest BCUT2D eigenvalue weighted by Gasteiger charge is -2.10. The summed E-state index contributed by atoms with van der Waals surface area (Å²) in [5.74, 6) is 0. The second kappa shape index (κ2) is 13.2. The maximum absolute atomic E-state index is 5.38. The van der Waals surface area contributed by atoms with E-state index in [2.05, 4.69) is 17.4 Å². The Morgan fingerprint density at radius 1 is 0.875 bits per heavy atom. The lowest BCUT2D eigenvalue weighted by molar-refractivity contribution is -0.0639. The van der Waals surface area contributed by atoms with Crippen molar-refractivity contribution in [1.29, 1.82) is 0 Å². The molecule has 0 fully saturated rings. The number of hydrogen-bond acceptors (Lipinski definition) is 2. The van der Waals surface area contributed by atoms with E-state index in [4.69, 9.17) is 9.16 Å². The van der Waals surface area contributed by atoms with Gasteiger partial charge in [-0.1, -0.05) is 58.3 Å². The molecule has 95 valence electrons. The van der Waals surface area contributed by atoms with Gasteiger partial charge in [0.1, 0.15) is 6.29 Å². The zero-order valence-corrected chi connectivity index (χ0v) is 12.0. The molecule has 0 aliphatic rings. The Bertz CT molecular complexity index is 131. The van der Waals surface area contributed by atoms with E-state index >= 15 is 0 Å². The molecule has 0 amide bonds. The van der Waals surface area contributed by atoms with Crippen LogP contribution < -0.4 is 0 Å². The Morgan fingerprint density at radius 2 is 1.38 bits per heavy atom. The van der Waals surface area contributed by atoms with Crippen molar-refractivity contribution >= 4 is 10.5 Å². The molecule has 0 heterocycles. The molecule has 0 rings (SSSR count). The Kier molecular flexibility index (Phi) is 13.3. The van der Waals surface area contributed by atoms with Gasteiger partial charge in [0.05, 0.1) is 0 Å². The molecule has 0 bridgehead atoms. The fraction of sp³-hybridized carbons (Fsp3) is 1.00. The average Bonchev–Trinajstić information content (AvgIpc) is 2.31. The maximum atomic E-state index is 5.38. The third-order valence-electron chi connectivity index (χ3n) is 2.77. The lowest BCUT2D eigenvalue weighted by atomic mass is 10.1. The first-order chi connectivity index (χ1) is 7.81. The van der Waals surface area contributed by atoms with Gasteiger partial charge in [0.25, 0.3) is 0 Å². The van der Waals surface area contributed by atoms with Crippen LogP contribution >= 0.6 is 0 Å². The summed E-state index contributed by atoms with van der Waals surface area (Å²) in [6.07, 6.45) is 12.0. The lowest BCUT2D eigenvalue weighted by Crippen LogP contribution is -2.11. The van der Waals surface area contributed by atoms with E-state index in [1.54, 1.807) is 0 Å². The first kappa shape index (κ1) is 16.1. The summed E-state index contributed by atoms with van der Waals surface area (Å²) < 4.78 is 10.2. The quantitative estimate of drug-likeness (QED) is 0.293. The number of ether oxygens (including phenoxy) is 1. The van der Waals surface area contributed by atoms with Gasteiger partial charge in [-0.3, -0.25) is 0 Å². The zero-order chi connectivity index (χ0) is 12.1. The highest BCUT2D eigenvalue weighted by atomic mass is 28.2. The van der Waals surface area contributed by atoms with Crippen LogP contribution in [0.1, 0.15) is 71.6 Å². The van der Waals surface area contributed by atoms with Gasteiger partial charge >= 0.3 is 0 Å². The van der Waals surface area contributed by atoms with Crippen molar-refractivity contribution in [3.05, 3.63) is 0 Å². The van der Waals surface area contributed by atoms with E-state index in [1.165, 1.54) is 51.4 Å². The molecule has 0 aliphatic heterocycles. The van der Waals surface area contributed by atoms with Crippen LogP contribution in [0.25, 0.3) is 0 Å². The minimum Gasteiger partial charge on any atom is -0.394 e. The van der Waals surface area contributed by atoms with Gasteiger partial charge in [-0.15, -0.1) is 0 Å². The zero-order valence-electron chi connectivity index (χ0n) is 11.0. The minimum absolute atomic E-state index is 0.134. The molecule has 3 heteroatoms. The number of rotatable bonds is 12. The summed E-state index contributed by atoms with van der Waals surface area (Å²) in [6.45, 7) is 4.96. The van der Waals surface area contributed by atoms with Crippen molar-refractivity contribution in [2.24, 2.45) is 0 Å². The fourth-order valence-corrected chi connectivity index (χ4v) is 1.76. The Labute approximate surface area is 105 Å². The molecule has 0 N–H and O–H groups in total. The van der Waals surface area contributed by atoms with Gasteiger partial charge in [0.2, 0.25) is 10.5 Å². The van der Waals surface area contributed by atoms with Gasteiger partial charge < -0.3 is 9.16 Å². The van der Waals surface area contributed by atoms with Crippen LogP contribution in [0.15, 0.2) is 0 Å². The van der Waals surface area contributed by atoms with Gasteiger partial charge in [-0.05, 0) is 13.3 Å². The summed E-state index contributed by atoms with van der Waals surface area (Å²) in [7, 11) is 2.96. The highest BCUT2D eigenvalue weighted by Crippen LogP contribution is 2.09. The molecule has 0 aromatic carbocycles. The smallest absolute Gasteiger partial charge is 0.249 e. The minimum atomic E-state index is -0.134. The van der Waals surface area contributed by atoms with Crippen molar-refractivity contribution in [1.82, 2.24) is 0 Å². The molecule has 16 heavy (non-hydrogen) atoms. The molecule has 0 aromatic rings. The predicted molar refractivity (Wildman–Crippen MR) is 69.5 cm³/mol. The molecule has 0 saturated heterocycles. The van der Waals surface area contributed by atoms with Crippen LogP contribution in [-0.2, 0) is 9.16 Å². The summed E-state index contributed by atoms with van der Waals surface area (Å²) in [5.41, 5.74) is 0. The third-order valence-corrected chi connectivity index (χ3v) is 3.10. The Balaban J connectivity index is 2.93. The van der Waals surface area contributed by atoms with Crippen LogP contribution in [-0.4, -0.2) is 23.4 Å². The van der Waals surface area contributed by atoms with E-state index in [9.17, 15) is 0 Å². The standard InChI is InChI=1S/C13H27O2Si/c1-3-4-5-6-7-8-9-10-11-12-14-13(2)15-16/h13H,3-12H2,1-2H3. The first-order valence-corrected chi connectivity index (χ1v) is 7.16. The molecule has 0 aromatic heterocycles. The molecule has 2 nitrogen and oxygen atoms in total. The number of hydrogen-bond donors (Lipinski definition) is 0. The van der Waals surface area contributed by atoms with Crippen LogP contribution in [0.3, 0.4) is 0 Å². The van der Waals surface area contributed by atoms with Crippen LogP contribution in [0, 0.1) is 0 Å². The molecule has 0 spiro atoms. The molecule has 1 unspecified atom stereocenters. The van der Waals surface area contributed by atoms with Crippen molar-refractivity contribution in [3.8, 4) is 0 Å². The average molecular weight is 243 g/mol. The summed E-state index contributed by atoms with van der Waals surface area (Å²) in [6, 6.07) is 0. The van der Waals surface area contributed by atoms with Gasteiger partial charge in [0.15, 0.2) is 0 Å². The highest BCUT2D eigenvalue weighted by Gasteiger charge is 1.97. The summed E-state index contributed by atoms with van der Waals surface area (Å²) in [5, 5.41) is 0. The molecular formula is C13H27O2Si. The van der Waals surface area contributed by atoms with Crippen molar-refractivity contribution in [3.63, 3.8) is 0 Å². The molecule has 1 atom stereocenters. The molecule has 0 aliphatic carbocycles. The normalized spacial score (nSPS) is 12.9. The topological polar surface area (TPSA) is 18.5 Å². The van der Waals surface area contributed by atoms with E-state index < -0.39 is 0 Å². The van der Waals surface area contributed by atoms with Crippen LogP contribution in [0.5, 0.6) is 0 Å². The Morgan fingerprint density at radius 3 is 1.88 bits per heavy atom. The van der Waals surface area contributed by atoms with E-state index in [1.807, 2.05) is 6.92 Å². The SMILES string of the molecule is CCCCCCCCCCCOC(C)O[Si]. The second-order valence-electron chi connectivity index (χ2n) is 4.38. The second-order valence-corrected chi connectivity index (χ2v) is 4.62. The van der Waals surface area contributed by atoms with Gasteiger partial charge in [0, 0.05) is 6.61 Å². The largest absolute Gasteiger partial charge is 0.394 e. The van der Waals surface area contributed by atoms with E-state index in [0.717, 1.165) is 13.0 Å². The van der Waals surface area contributed by atoms with E-state index in [-0.39, 0.29) is 6.29 Å². The van der Waals surface area contributed by atoms with Crippen LogP contribution in [0.2, 0.25) is 0 Å². The fourth-order valence-electron chi connectivity index (χ4n) is 1.70. The van der Waals surface area contributed by atoms with Gasteiger partial charge in [-0.25, -0.2) is 0 Å². The van der Waals surface area contributed by atoms with Crippen molar-refractivity contribution in [2.45, 2.75) is 77.9 Å². The third kappa shape index (κ3) is 12.2. The van der Waals surface area contributed by atoms with Crippen LogP contribution in [0.4, 0.5) is 0 Å². The van der Waals surface area contributed by atoms with E-state index in [0.29, 0.717) is 0 Å². The van der Waals surface area contributed by atoms with Crippen molar-refractivity contribution in [2.75, 3.05) is 6.61 Å². The highest BCUT2D eigenvalue weighted by molar-refractivity contribution is 5.98. The maximum Gasteiger partial charge on any atom is 0.249 e. The van der Waals surface area contributed by atoms with Crippen molar-refractivity contribution < 1.29 is 9.16 Å². The molecular weight excluding hydrogens is 216 g/mol. The Hall–Kier alpha value is 0.137. The number of unbranched alkanes of at least 4 members (excludes halogenated alkanes) is 8. The summed E-state index contributed by atoms with van der Waals surface area (Å²) in [4.78, 5) is 0. The summed E-state index contributed by atoms with van der Waals surface area (Å²) >= 11 is 0. The monoisotopic (exact) mass is 243 g/mol. The predicted octanol–water partition coefficient (Wildman–Crippen LogP) is 3.98. The van der Waals surface area contributed by atoms with Gasteiger partial charge in [-0.2, -0.15) is 0 Å². The molecule has 0 saturated carbocycles. The molecule has 3 radical (unpaired) electrons. The first-order valence-electron chi connectivity index (χ1n) is 6.75.